The number of hydrogen-bond acceptors (Lipinski definition) is 9. The molecule has 0 aliphatic carbocycles. The number of carbonyl (C=O) groups is 5. The fraction of sp³-hybridized carbons (Fsp3) is 0.632. The van der Waals surface area contributed by atoms with Gasteiger partial charge in [-0.05, 0) is 56.7 Å². The number of amides is 3. The average Bonchev–Trinajstić information content (AvgIpc) is 3.61. The number of carboxylic acids is 1. The van der Waals surface area contributed by atoms with Gasteiger partial charge in [-0.1, -0.05) is 77.8 Å². The Kier molecular flexibility index (Phi) is 16.7. The summed E-state index contributed by atoms with van der Waals surface area (Å²) in [5.74, 6) is -3.09. The van der Waals surface area contributed by atoms with Gasteiger partial charge >= 0.3 is 5.97 Å². The standard InChI is InChI=1S/C38H57N5O7S/c1-8-25(4)33(41-35(46)30-16-12-13-17-42(30)6)37(47)43(18-19-50-7)31(24(2)3)22-32(44)36-40-29(23-51-36)34(45)39-28(20-26(5)38(48)49)21-27-14-10-9-11-15-27/h9-11,14-15,23-26,28,30-31,33H,8,12-13,16-22H2,1-7H3,(H,39,45)(H,41,46)(H,48,49). The number of ether oxygens (including phenoxy) is 1. The van der Waals surface area contributed by atoms with Crippen molar-refractivity contribution >= 4 is 40.8 Å². The minimum Gasteiger partial charge on any atom is -0.481 e. The molecule has 0 radical (unpaired) electrons. The molecule has 1 aliphatic rings. The van der Waals surface area contributed by atoms with E-state index in [0.717, 1.165) is 42.7 Å². The smallest absolute Gasteiger partial charge is 0.306 e. The molecule has 0 saturated carbocycles. The average molecular weight is 728 g/mol. The van der Waals surface area contributed by atoms with E-state index in [9.17, 15) is 29.1 Å². The Labute approximate surface area is 306 Å². The second-order valence-corrected chi connectivity index (χ2v) is 15.1. The summed E-state index contributed by atoms with van der Waals surface area (Å²) in [5, 5.41) is 17.2. The molecule has 0 spiro atoms. The minimum atomic E-state index is -0.948. The van der Waals surface area contributed by atoms with Crippen LogP contribution in [0.4, 0.5) is 0 Å². The molecule has 1 aromatic carbocycles. The van der Waals surface area contributed by atoms with Crippen molar-refractivity contribution in [1.29, 1.82) is 0 Å². The first-order valence-electron chi connectivity index (χ1n) is 18.1. The van der Waals surface area contributed by atoms with E-state index < -0.39 is 35.9 Å². The summed E-state index contributed by atoms with van der Waals surface area (Å²) in [4.78, 5) is 74.7. The summed E-state index contributed by atoms with van der Waals surface area (Å²) in [5.41, 5.74) is 1.03. The van der Waals surface area contributed by atoms with Crippen molar-refractivity contribution in [1.82, 2.24) is 25.4 Å². The largest absolute Gasteiger partial charge is 0.481 e. The molecule has 12 nitrogen and oxygen atoms in total. The van der Waals surface area contributed by atoms with Crippen molar-refractivity contribution in [3.63, 3.8) is 0 Å². The highest BCUT2D eigenvalue weighted by Gasteiger charge is 2.38. The Morgan fingerprint density at radius 1 is 1.08 bits per heavy atom. The van der Waals surface area contributed by atoms with Crippen LogP contribution >= 0.6 is 11.3 Å². The van der Waals surface area contributed by atoms with Crippen molar-refractivity contribution in [2.24, 2.45) is 17.8 Å². The third-order valence-electron chi connectivity index (χ3n) is 9.93. The van der Waals surface area contributed by atoms with Gasteiger partial charge in [-0.2, -0.15) is 0 Å². The molecule has 6 atom stereocenters. The molecule has 1 aliphatic heterocycles. The zero-order valence-electron chi connectivity index (χ0n) is 31.2. The maximum Gasteiger partial charge on any atom is 0.306 e. The van der Waals surface area contributed by atoms with E-state index in [-0.39, 0.29) is 72.2 Å². The topological polar surface area (TPSA) is 158 Å². The van der Waals surface area contributed by atoms with Gasteiger partial charge < -0.3 is 25.4 Å². The fourth-order valence-electron chi connectivity index (χ4n) is 6.51. The number of carboxylic acid groups (broad SMARTS) is 1. The first-order chi connectivity index (χ1) is 24.3. The third-order valence-corrected chi connectivity index (χ3v) is 10.8. The van der Waals surface area contributed by atoms with Crippen LogP contribution in [-0.2, 0) is 25.5 Å². The molecule has 282 valence electrons. The number of Topliss-reactive ketones (excluding diaryl/α,β-unsaturated/α-hetero) is 1. The van der Waals surface area contributed by atoms with Crippen LogP contribution in [0.2, 0.25) is 0 Å². The molecule has 0 bridgehead atoms. The quantitative estimate of drug-likeness (QED) is 0.165. The van der Waals surface area contributed by atoms with Crippen LogP contribution in [0.3, 0.4) is 0 Å². The second-order valence-electron chi connectivity index (χ2n) is 14.2. The Morgan fingerprint density at radius 2 is 1.78 bits per heavy atom. The van der Waals surface area contributed by atoms with Crippen molar-refractivity contribution in [2.75, 3.05) is 33.9 Å². The monoisotopic (exact) mass is 727 g/mol. The van der Waals surface area contributed by atoms with Crippen LogP contribution < -0.4 is 10.6 Å². The normalized spacial score (nSPS) is 17.9. The van der Waals surface area contributed by atoms with Crippen LogP contribution in [0.25, 0.3) is 0 Å². The van der Waals surface area contributed by atoms with Gasteiger partial charge in [-0.25, -0.2) is 4.98 Å². The number of ketones is 1. The van der Waals surface area contributed by atoms with Crippen molar-refractivity contribution in [2.45, 2.75) is 104 Å². The number of likely N-dealkylation sites (tertiary alicyclic amines) is 1. The van der Waals surface area contributed by atoms with Gasteiger partial charge in [-0.15, -0.1) is 11.3 Å². The minimum absolute atomic E-state index is 0.0268. The zero-order chi connectivity index (χ0) is 37.7. The Balaban J connectivity index is 1.79. The van der Waals surface area contributed by atoms with E-state index in [1.54, 1.807) is 18.9 Å². The van der Waals surface area contributed by atoms with Crippen LogP contribution in [0.15, 0.2) is 35.7 Å². The maximum absolute atomic E-state index is 14.4. The van der Waals surface area contributed by atoms with E-state index in [1.807, 2.05) is 70.0 Å². The Bertz CT molecular complexity index is 1450. The van der Waals surface area contributed by atoms with Crippen LogP contribution in [0, 0.1) is 17.8 Å². The molecule has 1 saturated heterocycles. The molecule has 3 amide bonds. The summed E-state index contributed by atoms with van der Waals surface area (Å²) in [6.07, 6.45) is 4.05. The number of benzene rings is 1. The number of aromatic nitrogens is 1. The van der Waals surface area contributed by atoms with Crippen LogP contribution in [0.1, 0.15) is 99.0 Å². The molecule has 1 fully saturated rings. The lowest BCUT2D eigenvalue weighted by Crippen LogP contribution is -2.59. The molecular weight excluding hydrogens is 671 g/mol. The fourth-order valence-corrected chi connectivity index (χ4v) is 7.26. The molecule has 3 N–H and O–H groups in total. The van der Waals surface area contributed by atoms with E-state index in [0.29, 0.717) is 12.8 Å². The Morgan fingerprint density at radius 3 is 2.39 bits per heavy atom. The number of thiazole rings is 1. The van der Waals surface area contributed by atoms with Crippen molar-refractivity contribution in [3.05, 3.63) is 52.0 Å². The van der Waals surface area contributed by atoms with Gasteiger partial charge in [0.1, 0.15) is 11.7 Å². The van der Waals surface area contributed by atoms with E-state index >= 15 is 0 Å². The number of nitrogens with one attached hydrogen (secondary N) is 2. The van der Waals surface area contributed by atoms with Gasteiger partial charge in [0.05, 0.1) is 18.6 Å². The van der Waals surface area contributed by atoms with Crippen molar-refractivity contribution < 1.29 is 33.8 Å². The number of methoxy groups -OCH3 is 1. The zero-order valence-corrected chi connectivity index (χ0v) is 32.0. The van der Waals surface area contributed by atoms with Gasteiger partial charge in [0, 0.05) is 37.5 Å². The lowest BCUT2D eigenvalue weighted by molar-refractivity contribution is -0.142. The number of rotatable bonds is 20. The third kappa shape index (κ3) is 12.2. The molecular formula is C38H57N5O7S. The molecule has 13 heteroatoms. The number of hydrogen-bond donors (Lipinski definition) is 3. The highest BCUT2D eigenvalue weighted by atomic mass is 32.1. The molecule has 6 unspecified atom stereocenters. The SMILES string of the molecule is CCC(C)C(NC(=O)C1CCCCN1C)C(=O)N(CCOC)C(CC(=O)c1nc(C(=O)NC(Cc2ccccc2)CC(C)C(=O)O)cs1)C(C)C. The summed E-state index contributed by atoms with van der Waals surface area (Å²) < 4.78 is 5.37. The predicted molar refractivity (Wildman–Crippen MR) is 198 cm³/mol. The highest BCUT2D eigenvalue weighted by Crippen LogP contribution is 2.24. The molecule has 1 aromatic heterocycles. The van der Waals surface area contributed by atoms with Crippen LogP contribution in [0.5, 0.6) is 0 Å². The first-order valence-corrected chi connectivity index (χ1v) is 19.0. The number of carbonyl (C=O) groups excluding carboxylic acids is 4. The molecule has 2 aromatic rings. The second kappa shape index (κ2) is 20.4. The Hall–Kier alpha value is -3.68. The van der Waals surface area contributed by atoms with E-state index in [4.69, 9.17) is 4.74 Å². The van der Waals surface area contributed by atoms with Gasteiger partial charge in [-0.3, -0.25) is 28.9 Å². The van der Waals surface area contributed by atoms with Gasteiger partial charge in [0.25, 0.3) is 5.91 Å². The summed E-state index contributed by atoms with van der Waals surface area (Å²) >= 11 is 1.06. The van der Waals surface area contributed by atoms with E-state index in [2.05, 4.69) is 15.6 Å². The lowest BCUT2D eigenvalue weighted by atomic mass is 9.92. The highest BCUT2D eigenvalue weighted by molar-refractivity contribution is 7.12. The predicted octanol–water partition coefficient (Wildman–Crippen LogP) is 4.68. The van der Waals surface area contributed by atoms with Crippen molar-refractivity contribution in [3.8, 4) is 0 Å². The number of nitrogens with zero attached hydrogens (tertiary/aromatic N) is 3. The first kappa shape index (κ1) is 41.7. The maximum atomic E-state index is 14.4. The summed E-state index contributed by atoms with van der Waals surface area (Å²) in [6, 6.07) is 7.46. The number of piperidine rings is 1. The van der Waals surface area contributed by atoms with Gasteiger partial charge in [0.15, 0.2) is 10.8 Å². The lowest BCUT2D eigenvalue weighted by Gasteiger charge is -2.39. The summed E-state index contributed by atoms with van der Waals surface area (Å²) in [6.45, 7) is 10.8. The number of aliphatic carboxylic acids is 1. The van der Waals surface area contributed by atoms with Gasteiger partial charge in [0.2, 0.25) is 11.8 Å². The van der Waals surface area contributed by atoms with Crippen LogP contribution in [-0.4, -0.2) is 107 Å². The molecule has 3 rings (SSSR count). The molecule has 51 heavy (non-hydrogen) atoms. The number of likely N-dealkylation sites (N-methyl/N-ethyl adjacent to an activating group) is 1. The summed E-state index contributed by atoms with van der Waals surface area (Å²) in [7, 11) is 3.49. The molecule has 2 heterocycles. The van der Waals surface area contributed by atoms with E-state index in [1.165, 1.54) is 5.38 Å².